The lowest BCUT2D eigenvalue weighted by Crippen LogP contribution is -2.40. The van der Waals surface area contributed by atoms with Crippen LogP contribution in [0.2, 0.25) is 18.1 Å². The first kappa shape index (κ1) is 25.6. The number of rotatable bonds is 11. The topological polar surface area (TPSA) is 27.7 Å². The van der Waals surface area contributed by atoms with Crippen molar-refractivity contribution in [1.82, 2.24) is 0 Å². The van der Waals surface area contributed by atoms with Gasteiger partial charge in [-0.1, -0.05) is 57.9 Å². The Hall–Kier alpha value is -0.423. The molecule has 0 amide bonds. The van der Waals surface area contributed by atoms with Gasteiger partial charge in [0.2, 0.25) is 0 Å². The molecule has 1 rings (SSSR count). The smallest absolute Gasteiger partial charge is 0.192 e. The largest absolute Gasteiger partial charge is 0.413 e. The van der Waals surface area contributed by atoms with Gasteiger partial charge < -0.3 is 13.9 Å². The van der Waals surface area contributed by atoms with Crippen LogP contribution < -0.4 is 0 Å². The summed E-state index contributed by atoms with van der Waals surface area (Å²) in [7, 11) is -1.64. The Morgan fingerprint density at radius 2 is 1.61 bits per heavy atom. The van der Waals surface area contributed by atoms with Crippen molar-refractivity contribution in [2.75, 3.05) is 19.8 Å². The predicted octanol–water partition coefficient (Wildman–Crippen LogP) is 7.11. The average Bonchev–Trinajstić information content (AvgIpc) is 3.07. The van der Waals surface area contributed by atoms with Crippen molar-refractivity contribution in [2.24, 2.45) is 11.8 Å². The van der Waals surface area contributed by atoms with Crippen molar-refractivity contribution in [3.63, 3.8) is 0 Å². The first-order valence-corrected chi connectivity index (χ1v) is 14.0. The maximum absolute atomic E-state index is 6.25. The summed E-state index contributed by atoms with van der Waals surface area (Å²) >= 11 is 0. The van der Waals surface area contributed by atoms with Crippen LogP contribution >= 0.6 is 0 Å². The van der Waals surface area contributed by atoms with Gasteiger partial charge >= 0.3 is 0 Å². The van der Waals surface area contributed by atoms with Crippen LogP contribution in [-0.4, -0.2) is 34.4 Å². The lowest BCUT2D eigenvalue weighted by molar-refractivity contribution is -0.0977. The summed E-state index contributed by atoms with van der Waals surface area (Å²) in [5.41, 5.74) is 2.91. The summed E-state index contributed by atoms with van der Waals surface area (Å²) in [6, 6.07) is 0. The van der Waals surface area contributed by atoms with Gasteiger partial charge in [-0.15, -0.1) is 0 Å². The molecular formula is C24H46O3Si. The van der Waals surface area contributed by atoms with Crippen LogP contribution in [0.1, 0.15) is 74.1 Å². The van der Waals surface area contributed by atoms with Crippen LogP contribution in [0.4, 0.5) is 0 Å². The van der Waals surface area contributed by atoms with E-state index in [9.17, 15) is 0 Å². The van der Waals surface area contributed by atoms with E-state index >= 15 is 0 Å². The second-order valence-corrected chi connectivity index (χ2v) is 15.1. The van der Waals surface area contributed by atoms with E-state index in [1.165, 1.54) is 11.1 Å². The van der Waals surface area contributed by atoms with E-state index in [4.69, 9.17) is 13.9 Å². The van der Waals surface area contributed by atoms with Crippen LogP contribution in [0.15, 0.2) is 23.3 Å². The Morgan fingerprint density at radius 3 is 2.14 bits per heavy atom. The van der Waals surface area contributed by atoms with E-state index in [1.807, 2.05) is 0 Å². The minimum absolute atomic E-state index is 0.00104. The van der Waals surface area contributed by atoms with Gasteiger partial charge in [-0.3, -0.25) is 0 Å². The zero-order chi connectivity index (χ0) is 21.4. The van der Waals surface area contributed by atoms with Crippen molar-refractivity contribution >= 4 is 8.32 Å². The molecule has 1 fully saturated rings. The Kier molecular flexibility index (Phi) is 10.7. The van der Waals surface area contributed by atoms with E-state index in [1.54, 1.807) is 0 Å². The van der Waals surface area contributed by atoms with Crippen molar-refractivity contribution in [3.8, 4) is 0 Å². The van der Waals surface area contributed by atoms with Gasteiger partial charge in [0.25, 0.3) is 0 Å². The molecule has 1 heterocycles. The summed E-state index contributed by atoms with van der Waals surface area (Å²) in [6.45, 7) is 22.8. The first-order chi connectivity index (χ1) is 12.9. The Balaban J connectivity index is 2.36. The standard InChI is InChI=1S/C24H46O3Si/c1-19(2)22(23-25-17-18-26-23)14-13-20(3)11-10-12-21(4)15-16-27-28(8,9)24(5,6)7/h11,15,19,22-23H,10,12-14,16-18H2,1-9H3/b20-11+,21-15+/t22-/m0/s1. The maximum atomic E-state index is 6.25. The van der Waals surface area contributed by atoms with Gasteiger partial charge in [0.05, 0.1) is 19.8 Å². The highest BCUT2D eigenvalue weighted by molar-refractivity contribution is 6.74. The molecule has 1 saturated heterocycles. The van der Waals surface area contributed by atoms with Gasteiger partial charge in [0.15, 0.2) is 14.6 Å². The van der Waals surface area contributed by atoms with Crippen LogP contribution in [0.3, 0.4) is 0 Å². The highest BCUT2D eigenvalue weighted by atomic mass is 28.4. The summed E-state index contributed by atoms with van der Waals surface area (Å²) in [5, 5.41) is 0.275. The fraction of sp³-hybridized carbons (Fsp3) is 0.833. The molecule has 164 valence electrons. The van der Waals surface area contributed by atoms with Crippen molar-refractivity contribution in [3.05, 3.63) is 23.3 Å². The van der Waals surface area contributed by atoms with E-state index < -0.39 is 8.32 Å². The molecule has 0 unspecified atom stereocenters. The first-order valence-electron chi connectivity index (χ1n) is 11.1. The molecule has 3 nitrogen and oxygen atoms in total. The third-order valence-electron chi connectivity index (χ3n) is 6.44. The molecule has 0 N–H and O–H groups in total. The Morgan fingerprint density at radius 1 is 1.04 bits per heavy atom. The average molecular weight is 411 g/mol. The Bertz CT molecular complexity index is 508. The molecule has 4 heteroatoms. The van der Waals surface area contributed by atoms with Gasteiger partial charge in [0.1, 0.15) is 0 Å². The molecule has 0 radical (unpaired) electrons. The third-order valence-corrected chi connectivity index (χ3v) is 10.9. The molecule has 0 aromatic heterocycles. The fourth-order valence-electron chi connectivity index (χ4n) is 3.16. The van der Waals surface area contributed by atoms with Gasteiger partial charge in [-0.2, -0.15) is 0 Å². The van der Waals surface area contributed by atoms with Gasteiger partial charge in [-0.25, -0.2) is 0 Å². The van der Waals surface area contributed by atoms with E-state index in [2.05, 4.69) is 73.7 Å². The number of allylic oxidation sites excluding steroid dienone is 3. The molecule has 1 aliphatic heterocycles. The number of hydrogen-bond donors (Lipinski definition) is 0. The molecule has 28 heavy (non-hydrogen) atoms. The predicted molar refractivity (Wildman–Crippen MR) is 123 cm³/mol. The number of ether oxygens (including phenoxy) is 2. The summed E-state index contributed by atoms with van der Waals surface area (Å²) in [4.78, 5) is 0. The molecule has 0 aromatic carbocycles. The van der Waals surface area contributed by atoms with Crippen molar-refractivity contribution in [2.45, 2.75) is 98.6 Å². The molecular weight excluding hydrogens is 364 g/mol. The minimum Gasteiger partial charge on any atom is -0.413 e. The number of hydrogen-bond acceptors (Lipinski definition) is 3. The molecule has 0 spiro atoms. The van der Waals surface area contributed by atoms with Crippen LogP contribution in [-0.2, 0) is 13.9 Å². The molecule has 0 saturated carbocycles. The van der Waals surface area contributed by atoms with Gasteiger partial charge in [0, 0.05) is 5.92 Å². The fourth-order valence-corrected chi connectivity index (χ4v) is 4.09. The second kappa shape index (κ2) is 11.7. The zero-order valence-electron chi connectivity index (χ0n) is 20.1. The van der Waals surface area contributed by atoms with Crippen LogP contribution in [0.25, 0.3) is 0 Å². The molecule has 0 aliphatic carbocycles. The SMILES string of the molecule is C/C(=C\CO[Si](C)(C)C(C)(C)C)CC/C=C(\C)CC[C@@H](C(C)C)C1OCCO1. The molecule has 1 aliphatic rings. The minimum atomic E-state index is -1.64. The Labute approximate surface area is 176 Å². The molecule has 1 atom stereocenters. The highest BCUT2D eigenvalue weighted by Crippen LogP contribution is 2.36. The van der Waals surface area contributed by atoms with Crippen molar-refractivity contribution in [1.29, 1.82) is 0 Å². The van der Waals surface area contributed by atoms with Crippen molar-refractivity contribution < 1.29 is 13.9 Å². The molecule has 0 aromatic rings. The zero-order valence-corrected chi connectivity index (χ0v) is 21.1. The monoisotopic (exact) mass is 410 g/mol. The van der Waals surface area contributed by atoms with Crippen LogP contribution in [0.5, 0.6) is 0 Å². The van der Waals surface area contributed by atoms with E-state index in [-0.39, 0.29) is 11.3 Å². The van der Waals surface area contributed by atoms with E-state index in [0.717, 1.165) is 45.5 Å². The third kappa shape index (κ3) is 8.94. The highest BCUT2D eigenvalue weighted by Gasteiger charge is 2.36. The normalized spacial score (nSPS) is 18.9. The lowest BCUT2D eigenvalue weighted by Gasteiger charge is -2.35. The van der Waals surface area contributed by atoms with Gasteiger partial charge in [-0.05, 0) is 63.6 Å². The second-order valence-electron chi connectivity index (χ2n) is 10.3. The summed E-state index contributed by atoms with van der Waals surface area (Å²) in [6.07, 6.45) is 9.16. The lowest BCUT2D eigenvalue weighted by atomic mass is 9.89. The summed E-state index contributed by atoms with van der Waals surface area (Å²) in [5.74, 6) is 1.07. The summed E-state index contributed by atoms with van der Waals surface area (Å²) < 4.78 is 17.7. The van der Waals surface area contributed by atoms with Crippen LogP contribution in [0, 0.1) is 11.8 Å². The molecule has 0 bridgehead atoms. The van der Waals surface area contributed by atoms with E-state index in [0.29, 0.717) is 11.8 Å². The quantitative estimate of drug-likeness (QED) is 0.268. The maximum Gasteiger partial charge on any atom is 0.192 e.